The van der Waals surface area contributed by atoms with Gasteiger partial charge in [-0.3, -0.25) is 14.3 Å². The van der Waals surface area contributed by atoms with Crippen LogP contribution in [0.15, 0.2) is 60.7 Å². The van der Waals surface area contributed by atoms with E-state index in [1.807, 2.05) is 59.8 Å². The molecule has 0 unspecified atom stereocenters. The first-order valence-electron chi connectivity index (χ1n) is 12.8. The van der Waals surface area contributed by atoms with Crippen molar-refractivity contribution >= 4 is 17.9 Å². The van der Waals surface area contributed by atoms with Gasteiger partial charge < -0.3 is 10.2 Å². The minimum atomic E-state index is 0.00828. The Morgan fingerprint density at radius 3 is 2.36 bits per heavy atom. The van der Waals surface area contributed by atoms with Gasteiger partial charge in [0, 0.05) is 42.9 Å². The zero-order valence-electron chi connectivity index (χ0n) is 21.5. The molecule has 1 N–H and O–H groups in total. The van der Waals surface area contributed by atoms with E-state index < -0.39 is 0 Å². The molecule has 1 aliphatic rings. The molecule has 0 radical (unpaired) electrons. The minimum Gasteiger partial charge on any atom is -0.353 e. The van der Waals surface area contributed by atoms with Crippen molar-refractivity contribution in [2.45, 2.75) is 59.0 Å². The lowest BCUT2D eigenvalue weighted by Crippen LogP contribution is -2.46. The Bertz CT molecular complexity index is 1200. The van der Waals surface area contributed by atoms with Crippen LogP contribution in [0.1, 0.15) is 52.9 Å². The molecule has 1 aromatic heterocycles. The van der Waals surface area contributed by atoms with Crippen molar-refractivity contribution in [2.24, 2.45) is 0 Å². The first-order chi connectivity index (χ1) is 17.4. The summed E-state index contributed by atoms with van der Waals surface area (Å²) in [6.07, 6.45) is 6.35. The summed E-state index contributed by atoms with van der Waals surface area (Å²) < 4.78 is 2.00. The van der Waals surface area contributed by atoms with E-state index >= 15 is 0 Å². The van der Waals surface area contributed by atoms with Gasteiger partial charge in [0.1, 0.15) is 0 Å². The fourth-order valence-corrected chi connectivity index (χ4v) is 4.68. The summed E-state index contributed by atoms with van der Waals surface area (Å²) in [6.45, 7) is 8.12. The molecule has 36 heavy (non-hydrogen) atoms. The number of piperidine rings is 1. The Morgan fingerprint density at radius 2 is 1.67 bits per heavy atom. The van der Waals surface area contributed by atoms with Crippen LogP contribution in [0.5, 0.6) is 0 Å². The maximum Gasteiger partial charge on any atom is 0.246 e. The topological polar surface area (TPSA) is 67.2 Å². The normalized spacial score (nSPS) is 14.4. The third-order valence-corrected chi connectivity index (χ3v) is 6.94. The van der Waals surface area contributed by atoms with Gasteiger partial charge in [0.2, 0.25) is 11.8 Å². The number of aromatic nitrogens is 2. The Morgan fingerprint density at radius 1 is 0.972 bits per heavy atom. The van der Waals surface area contributed by atoms with Crippen LogP contribution in [0.3, 0.4) is 0 Å². The maximum absolute atomic E-state index is 12.8. The number of benzene rings is 2. The summed E-state index contributed by atoms with van der Waals surface area (Å²) in [5.74, 6) is 0.0889. The van der Waals surface area contributed by atoms with Gasteiger partial charge >= 0.3 is 0 Å². The lowest BCUT2D eigenvalue weighted by atomic mass is 10.0. The molecule has 0 saturated carbocycles. The minimum absolute atomic E-state index is 0.00828. The Hall–Kier alpha value is -3.67. The van der Waals surface area contributed by atoms with E-state index in [4.69, 9.17) is 5.10 Å². The monoisotopic (exact) mass is 484 g/mol. The summed E-state index contributed by atoms with van der Waals surface area (Å²) in [5, 5.41) is 7.83. The van der Waals surface area contributed by atoms with Gasteiger partial charge in [-0.25, -0.2) is 0 Å². The van der Waals surface area contributed by atoms with E-state index in [0.29, 0.717) is 26.1 Å². The van der Waals surface area contributed by atoms with Crippen molar-refractivity contribution in [3.8, 4) is 0 Å². The second-order valence-electron chi connectivity index (χ2n) is 9.71. The van der Waals surface area contributed by atoms with Crippen molar-refractivity contribution in [2.75, 3.05) is 13.1 Å². The maximum atomic E-state index is 12.8. The van der Waals surface area contributed by atoms with Crippen molar-refractivity contribution in [1.29, 1.82) is 0 Å². The Kier molecular flexibility index (Phi) is 8.36. The average Bonchev–Trinajstić information content (AvgIpc) is 3.15. The molecule has 1 saturated heterocycles. The fraction of sp³-hybridized carbons (Fsp3) is 0.367. The van der Waals surface area contributed by atoms with Crippen LogP contribution in [0.2, 0.25) is 0 Å². The van der Waals surface area contributed by atoms with Crippen LogP contribution in [0.4, 0.5) is 0 Å². The summed E-state index contributed by atoms with van der Waals surface area (Å²) in [5.41, 5.74) is 6.58. The van der Waals surface area contributed by atoms with Gasteiger partial charge in [0.05, 0.1) is 12.2 Å². The number of hydrogen-bond donors (Lipinski definition) is 1. The second-order valence-corrected chi connectivity index (χ2v) is 9.71. The first kappa shape index (κ1) is 25.4. The summed E-state index contributed by atoms with van der Waals surface area (Å²) >= 11 is 0. The van der Waals surface area contributed by atoms with Crippen LogP contribution in [0, 0.1) is 20.8 Å². The number of amides is 2. The lowest BCUT2D eigenvalue weighted by molar-refractivity contribution is -0.127. The van der Waals surface area contributed by atoms with Crippen molar-refractivity contribution in [3.63, 3.8) is 0 Å². The van der Waals surface area contributed by atoms with Crippen LogP contribution in [-0.4, -0.2) is 45.6 Å². The van der Waals surface area contributed by atoms with Crippen molar-refractivity contribution < 1.29 is 9.59 Å². The molecule has 2 aromatic carbocycles. The quantitative estimate of drug-likeness (QED) is 0.475. The van der Waals surface area contributed by atoms with Gasteiger partial charge in [-0.05, 0) is 57.2 Å². The van der Waals surface area contributed by atoms with E-state index in [9.17, 15) is 9.59 Å². The van der Waals surface area contributed by atoms with E-state index in [1.165, 1.54) is 16.7 Å². The van der Waals surface area contributed by atoms with Crippen molar-refractivity contribution in [3.05, 3.63) is 94.3 Å². The standard InChI is InChI=1S/C30H36N4O2/c1-22-9-11-26(12-10-22)21-34-24(3)28(23(2)32-34)14-16-30(36)33-19-17-27(18-20-33)31-29(35)15-13-25-7-5-4-6-8-25/h4-12,14,16,27H,13,15,17-21H2,1-3H3,(H,31,35). The Labute approximate surface area is 214 Å². The molecule has 188 valence electrons. The molecule has 0 aliphatic carbocycles. The highest BCUT2D eigenvalue weighted by Crippen LogP contribution is 2.18. The molecular formula is C30H36N4O2. The third kappa shape index (κ3) is 6.72. The van der Waals surface area contributed by atoms with Crippen molar-refractivity contribution in [1.82, 2.24) is 20.0 Å². The Balaban J connectivity index is 1.26. The smallest absolute Gasteiger partial charge is 0.246 e. The number of carbonyl (C=O) groups is 2. The molecule has 1 aliphatic heterocycles. The highest BCUT2D eigenvalue weighted by atomic mass is 16.2. The summed E-state index contributed by atoms with van der Waals surface area (Å²) in [6, 6.07) is 18.7. The largest absolute Gasteiger partial charge is 0.353 e. The molecule has 2 heterocycles. The molecule has 2 amide bonds. The summed E-state index contributed by atoms with van der Waals surface area (Å²) in [4.78, 5) is 27.0. The van der Waals surface area contributed by atoms with Gasteiger partial charge in [-0.1, -0.05) is 60.2 Å². The van der Waals surface area contributed by atoms with Crippen LogP contribution in [0.25, 0.3) is 6.08 Å². The molecule has 4 rings (SSSR count). The average molecular weight is 485 g/mol. The molecule has 3 aromatic rings. The van der Waals surface area contributed by atoms with Crippen LogP contribution in [-0.2, 0) is 22.6 Å². The SMILES string of the molecule is Cc1ccc(Cn2nc(C)c(C=CC(=O)N3CCC(NC(=O)CCc4ccccc4)CC3)c2C)cc1. The predicted molar refractivity (Wildman–Crippen MR) is 144 cm³/mol. The molecule has 1 fully saturated rings. The molecule has 0 atom stereocenters. The number of aryl methyl sites for hydroxylation is 3. The number of rotatable bonds is 8. The van der Waals surface area contributed by atoms with Gasteiger partial charge in [-0.2, -0.15) is 5.10 Å². The zero-order chi connectivity index (χ0) is 25.5. The molecule has 6 nitrogen and oxygen atoms in total. The van der Waals surface area contributed by atoms with Gasteiger partial charge in [-0.15, -0.1) is 0 Å². The van der Waals surface area contributed by atoms with E-state index in [-0.39, 0.29) is 17.9 Å². The summed E-state index contributed by atoms with van der Waals surface area (Å²) in [7, 11) is 0. The number of carbonyl (C=O) groups excluding carboxylic acids is 2. The van der Waals surface area contributed by atoms with E-state index in [0.717, 1.165) is 36.2 Å². The number of nitrogens with zero attached hydrogens (tertiary/aromatic N) is 3. The molecular weight excluding hydrogens is 448 g/mol. The van der Waals surface area contributed by atoms with E-state index in [2.05, 4.69) is 36.5 Å². The fourth-order valence-electron chi connectivity index (χ4n) is 4.68. The van der Waals surface area contributed by atoms with Gasteiger partial charge in [0.25, 0.3) is 0 Å². The van der Waals surface area contributed by atoms with Crippen LogP contribution >= 0.6 is 0 Å². The third-order valence-electron chi connectivity index (χ3n) is 6.94. The second kappa shape index (κ2) is 11.8. The number of hydrogen-bond acceptors (Lipinski definition) is 3. The van der Waals surface area contributed by atoms with E-state index in [1.54, 1.807) is 6.08 Å². The first-order valence-corrected chi connectivity index (χ1v) is 12.8. The predicted octanol–water partition coefficient (Wildman–Crippen LogP) is 4.61. The lowest BCUT2D eigenvalue weighted by Gasteiger charge is -2.31. The highest BCUT2D eigenvalue weighted by molar-refractivity contribution is 5.92. The molecule has 0 spiro atoms. The van der Waals surface area contributed by atoms with Gasteiger partial charge in [0.15, 0.2) is 0 Å². The highest BCUT2D eigenvalue weighted by Gasteiger charge is 2.23. The molecule has 6 heteroatoms. The van der Waals surface area contributed by atoms with Crippen LogP contribution < -0.4 is 5.32 Å². The molecule has 0 bridgehead atoms. The number of nitrogens with one attached hydrogen (secondary N) is 1. The number of likely N-dealkylation sites (tertiary alicyclic amines) is 1. The zero-order valence-corrected chi connectivity index (χ0v) is 21.5.